The van der Waals surface area contributed by atoms with E-state index >= 15 is 0 Å². The summed E-state index contributed by atoms with van der Waals surface area (Å²) in [6.07, 6.45) is 2.61. The summed E-state index contributed by atoms with van der Waals surface area (Å²) >= 11 is 0. The molecule has 0 saturated heterocycles. The summed E-state index contributed by atoms with van der Waals surface area (Å²) in [6.45, 7) is 1.85. The van der Waals surface area contributed by atoms with E-state index in [-0.39, 0.29) is 11.7 Å². The normalized spacial score (nSPS) is 10.9. The number of phenols is 1. The number of amides is 1. The minimum atomic E-state index is -0.0776. The smallest absolute Gasteiger partial charge is 0.253 e. The summed E-state index contributed by atoms with van der Waals surface area (Å²) in [6, 6.07) is 14.9. The van der Waals surface area contributed by atoms with Gasteiger partial charge in [-0.1, -0.05) is 30.3 Å². The fourth-order valence-corrected chi connectivity index (χ4v) is 2.88. The number of aromatic hydroxyl groups is 1. The highest BCUT2D eigenvalue weighted by Gasteiger charge is 2.14. The van der Waals surface area contributed by atoms with Crippen molar-refractivity contribution in [1.29, 1.82) is 0 Å². The summed E-state index contributed by atoms with van der Waals surface area (Å²) in [5, 5.41) is 13.2. The average molecular weight is 338 g/mol. The highest BCUT2D eigenvalue weighted by Crippen LogP contribution is 2.21. The third-order valence-corrected chi connectivity index (χ3v) is 4.21. The number of hydrogen-bond acceptors (Lipinski definition) is 3. The van der Waals surface area contributed by atoms with Crippen molar-refractivity contribution in [2.24, 2.45) is 0 Å². The molecule has 0 aliphatic heterocycles. The molecule has 5 heteroatoms. The molecule has 2 N–H and O–H groups in total. The van der Waals surface area contributed by atoms with Crippen molar-refractivity contribution in [1.82, 2.24) is 9.88 Å². The van der Waals surface area contributed by atoms with Gasteiger partial charge in [0.2, 0.25) is 0 Å². The summed E-state index contributed by atoms with van der Waals surface area (Å²) in [5.41, 5.74) is 2.78. The van der Waals surface area contributed by atoms with Crippen molar-refractivity contribution in [2.75, 3.05) is 20.3 Å². The number of benzene rings is 2. The molecule has 0 unspecified atom stereocenters. The van der Waals surface area contributed by atoms with Crippen molar-refractivity contribution in [3.8, 4) is 5.75 Å². The molecule has 0 spiro atoms. The van der Waals surface area contributed by atoms with Crippen molar-refractivity contribution in [2.45, 2.75) is 13.0 Å². The van der Waals surface area contributed by atoms with Crippen LogP contribution in [0.4, 0.5) is 0 Å². The van der Waals surface area contributed by atoms with E-state index in [9.17, 15) is 9.90 Å². The van der Waals surface area contributed by atoms with E-state index in [4.69, 9.17) is 4.74 Å². The Balaban J connectivity index is 1.70. The number of methoxy groups -OCH3 is 1. The summed E-state index contributed by atoms with van der Waals surface area (Å²) in [4.78, 5) is 12.6. The van der Waals surface area contributed by atoms with Gasteiger partial charge in [-0.25, -0.2) is 0 Å². The lowest BCUT2D eigenvalue weighted by Gasteiger charge is -2.05. The van der Waals surface area contributed by atoms with Crippen molar-refractivity contribution in [3.63, 3.8) is 0 Å². The third kappa shape index (κ3) is 4.00. The van der Waals surface area contributed by atoms with Crippen molar-refractivity contribution in [3.05, 3.63) is 65.9 Å². The first-order chi connectivity index (χ1) is 12.2. The quantitative estimate of drug-likeness (QED) is 0.696. The molecule has 5 nitrogen and oxygen atoms in total. The lowest BCUT2D eigenvalue weighted by Crippen LogP contribution is -2.25. The molecular weight excluding hydrogens is 316 g/mol. The maximum Gasteiger partial charge on any atom is 0.253 e. The molecule has 1 heterocycles. The summed E-state index contributed by atoms with van der Waals surface area (Å²) in [7, 11) is 1.67. The number of ether oxygens (including phenoxy) is 1. The summed E-state index contributed by atoms with van der Waals surface area (Å²) < 4.78 is 7.20. The molecule has 1 amide bonds. The van der Waals surface area contributed by atoms with Gasteiger partial charge in [0.15, 0.2) is 0 Å². The minimum Gasteiger partial charge on any atom is -0.508 e. The first-order valence-corrected chi connectivity index (χ1v) is 8.32. The fraction of sp³-hybridized carbons (Fsp3) is 0.250. The second-order valence-electron chi connectivity index (χ2n) is 5.92. The summed E-state index contributed by atoms with van der Waals surface area (Å²) in [5.74, 6) is 0.169. The molecule has 2 aromatic carbocycles. The van der Waals surface area contributed by atoms with Gasteiger partial charge in [0, 0.05) is 37.3 Å². The monoisotopic (exact) mass is 338 g/mol. The molecule has 0 atom stereocenters. The highest BCUT2D eigenvalue weighted by atomic mass is 16.5. The predicted octanol–water partition coefficient (Wildman–Crippen LogP) is 2.97. The molecule has 0 aliphatic rings. The maximum absolute atomic E-state index is 12.6. The van der Waals surface area contributed by atoms with Gasteiger partial charge >= 0.3 is 0 Å². The van der Waals surface area contributed by atoms with Gasteiger partial charge in [-0.15, -0.1) is 0 Å². The van der Waals surface area contributed by atoms with Crippen LogP contribution in [0, 0.1) is 0 Å². The second-order valence-corrected chi connectivity index (χ2v) is 5.92. The molecule has 1 aromatic heterocycles. The first-order valence-electron chi connectivity index (χ1n) is 8.32. The number of nitrogens with zero attached hydrogens (tertiary/aromatic N) is 1. The van der Waals surface area contributed by atoms with Crippen LogP contribution < -0.4 is 5.32 Å². The minimum absolute atomic E-state index is 0.0776. The molecule has 0 fully saturated rings. The van der Waals surface area contributed by atoms with Crippen LogP contribution in [0.15, 0.2) is 54.7 Å². The Hall–Kier alpha value is -2.79. The number of para-hydroxylation sites is 1. The SMILES string of the molecule is COCCn1cc(C(=O)NCCc2ccc(O)cc2)c2ccccc21. The zero-order chi connectivity index (χ0) is 17.6. The number of carbonyl (C=O) groups excluding carboxylic acids is 1. The Bertz CT molecular complexity index is 853. The van der Waals surface area contributed by atoms with Crippen LogP contribution >= 0.6 is 0 Å². The predicted molar refractivity (Wildman–Crippen MR) is 98.0 cm³/mol. The lowest BCUT2D eigenvalue weighted by molar-refractivity contribution is 0.0955. The van der Waals surface area contributed by atoms with Crippen LogP contribution in [0.3, 0.4) is 0 Å². The number of hydrogen-bond donors (Lipinski definition) is 2. The first kappa shape index (κ1) is 17.0. The largest absolute Gasteiger partial charge is 0.508 e. The van der Waals surface area contributed by atoms with E-state index in [0.717, 1.165) is 16.5 Å². The maximum atomic E-state index is 12.6. The topological polar surface area (TPSA) is 63.5 Å². The van der Waals surface area contributed by atoms with Gasteiger partial charge in [-0.05, 0) is 30.2 Å². The number of rotatable bonds is 7. The van der Waals surface area contributed by atoms with Gasteiger partial charge in [0.05, 0.1) is 12.2 Å². The van der Waals surface area contributed by atoms with Gasteiger partial charge in [-0.2, -0.15) is 0 Å². The van der Waals surface area contributed by atoms with Gasteiger partial charge < -0.3 is 19.7 Å². The zero-order valence-corrected chi connectivity index (χ0v) is 14.2. The zero-order valence-electron chi connectivity index (χ0n) is 14.2. The van der Waals surface area contributed by atoms with Crippen LogP contribution in [0.2, 0.25) is 0 Å². The van der Waals surface area contributed by atoms with Crippen LogP contribution in [-0.2, 0) is 17.7 Å². The van der Waals surface area contributed by atoms with Gasteiger partial charge in [-0.3, -0.25) is 4.79 Å². The number of aromatic nitrogens is 1. The molecule has 3 aromatic rings. The molecule has 0 aliphatic carbocycles. The van der Waals surface area contributed by atoms with Gasteiger partial charge in [0.1, 0.15) is 5.75 Å². The van der Waals surface area contributed by atoms with Gasteiger partial charge in [0.25, 0.3) is 5.91 Å². The molecule has 3 rings (SSSR count). The average Bonchev–Trinajstić information content (AvgIpc) is 3.00. The molecule has 0 saturated carbocycles. The Morgan fingerprint density at radius 2 is 1.92 bits per heavy atom. The number of phenolic OH excluding ortho intramolecular Hbond substituents is 1. The van der Waals surface area contributed by atoms with Crippen molar-refractivity contribution < 1.29 is 14.6 Å². The standard InChI is InChI=1S/C20H22N2O3/c1-25-13-12-22-14-18(17-4-2-3-5-19(17)22)20(24)21-11-10-15-6-8-16(23)9-7-15/h2-9,14,23H,10-13H2,1H3,(H,21,24). The van der Waals surface area contributed by atoms with Crippen molar-refractivity contribution >= 4 is 16.8 Å². The number of nitrogens with one attached hydrogen (secondary N) is 1. The second kappa shape index (κ2) is 7.85. The van der Waals surface area contributed by atoms with Crippen LogP contribution in [0.5, 0.6) is 5.75 Å². The van der Waals surface area contributed by atoms with Crippen LogP contribution in [0.25, 0.3) is 10.9 Å². The van der Waals surface area contributed by atoms with E-state index < -0.39 is 0 Å². The van der Waals surface area contributed by atoms with E-state index in [1.165, 1.54) is 0 Å². The lowest BCUT2D eigenvalue weighted by atomic mass is 10.1. The highest BCUT2D eigenvalue weighted by molar-refractivity contribution is 6.07. The van der Waals surface area contributed by atoms with Crippen LogP contribution in [0.1, 0.15) is 15.9 Å². The Labute approximate surface area is 146 Å². The van der Waals surface area contributed by atoms with Crippen LogP contribution in [-0.4, -0.2) is 35.8 Å². The molecule has 0 radical (unpaired) electrons. The Morgan fingerprint density at radius 3 is 2.68 bits per heavy atom. The Morgan fingerprint density at radius 1 is 1.16 bits per heavy atom. The third-order valence-electron chi connectivity index (χ3n) is 4.21. The molecular formula is C20H22N2O3. The van der Waals surface area contributed by atoms with E-state index in [0.29, 0.717) is 31.7 Å². The molecule has 130 valence electrons. The number of fused-ring (bicyclic) bond motifs is 1. The van der Waals surface area contributed by atoms with E-state index in [1.807, 2.05) is 47.2 Å². The molecule has 25 heavy (non-hydrogen) atoms. The fourth-order valence-electron chi connectivity index (χ4n) is 2.88. The van der Waals surface area contributed by atoms with E-state index in [2.05, 4.69) is 5.32 Å². The Kier molecular flexibility index (Phi) is 5.36. The number of carbonyl (C=O) groups is 1. The molecule has 0 bridgehead atoms. The van der Waals surface area contributed by atoms with E-state index in [1.54, 1.807) is 19.2 Å².